The summed E-state index contributed by atoms with van der Waals surface area (Å²) in [7, 11) is -4.48. The third-order valence-electron chi connectivity index (χ3n) is 10.9. The first-order chi connectivity index (χ1) is 35.0. The van der Waals surface area contributed by atoms with E-state index in [-0.39, 0.29) is 91.0 Å². The van der Waals surface area contributed by atoms with Crippen LogP contribution in [0.25, 0.3) is 11.1 Å². The largest absolute Gasteiger partial charge is 0.755 e. The van der Waals surface area contributed by atoms with E-state index in [1.807, 2.05) is 13.8 Å². The van der Waals surface area contributed by atoms with E-state index in [4.69, 9.17) is 24.1 Å². The predicted octanol–water partition coefficient (Wildman–Crippen LogP) is 9.69. The molecule has 0 spiro atoms. The number of azo groups is 2. The lowest BCUT2D eigenvalue weighted by molar-refractivity contribution is -0.148. The topological polar surface area (TPSA) is 311 Å². The number of phenolic OH excluding ortho intramolecular Hbond substituents is 1. The van der Waals surface area contributed by atoms with E-state index in [1.165, 1.54) is 91.0 Å². The van der Waals surface area contributed by atoms with Gasteiger partial charge in [-0.1, -0.05) is 26.0 Å². The second kappa shape index (κ2) is 26.1. The third kappa shape index (κ3) is 15.9. The summed E-state index contributed by atoms with van der Waals surface area (Å²) in [5, 5.41) is 51.9. The van der Waals surface area contributed by atoms with Crippen molar-refractivity contribution in [2.45, 2.75) is 64.1 Å². The Morgan fingerprint density at radius 1 is 0.671 bits per heavy atom. The van der Waals surface area contributed by atoms with Gasteiger partial charge in [-0.05, 0) is 141 Å². The van der Waals surface area contributed by atoms with Gasteiger partial charge in [0.1, 0.15) is 23.0 Å². The molecule has 2 atom stereocenters. The standard InChI is InChI=1S/C51H52N6O14S2/c1-3-32(2)49(61)69-25-7-5-4-6-24-68-42-18-10-34(11-19-42)51(63)71-47-23-15-38(27-36(47)31-59)54-56-40-13-21-44(48(29-40)73(52,66)67)43-20-12-39(28-45(43)57-72(64)65)55-53-37-14-22-46(35(26-37)30-58)70-50(62)33-8-16-41(60)17-9-33/h8-23,26-29,32,57-60H,3-7,24-25,30-31H2,1-2H3,(H,64,65)(H2,52,66,67)/p-1. The number of ether oxygens (including phenoxy) is 4. The summed E-state index contributed by atoms with van der Waals surface area (Å²) in [6.45, 7) is 3.61. The number of nitrogens with one attached hydrogen (secondary N) is 1. The third-order valence-corrected chi connectivity index (χ3v) is 12.3. The number of unbranched alkanes of at least 4 members (excludes halogenated alkanes) is 3. The molecule has 6 aromatic rings. The van der Waals surface area contributed by atoms with Gasteiger partial charge in [0.2, 0.25) is 10.0 Å². The summed E-state index contributed by atoms with van der Waals surface area (Å²) in [6.07, 6.45) is 4.13. The Kier molecular flexibility index (Phi) is 19.5. The van der Waals surface area contributed by atoms with Gasteiger partial charge >= 0.3 is 17.9 Å². The first-order valence-corrected chi connectivity index (χ1v) is 25.3. The Labute approximate surface area is 423 Å². The molecule has 382 valence electrons. The fourth-order valence-corrected chi connectivity index (χ4v) is 7.92. The molecule has 6 N–H and O–H groups in total. The highest BCUT2D eigenvalue weighted by molar-refractivity contribution is 7.89. The van der Waals surface area contributed by atoms with E-state index in [9.17, 15) is 46.9 Å². The number of nitrogens with zero attached hydrogens (tertiary/aromatic N) is 4. The molecule has 2 unspecified atom stereocenters. The Morgan fingerprint density at radius 3 is 1.66 bits per heavy atom. The van der Waals surface area contributed by atoms with Crippen LogP contribution in [0.3, 0.4) is 0 Å². The van der Waals surface area contributed by atoms with Crippen LogP contribution in [0.5, 0.6) is 23.0 Å². The Balaban J connectivity index is 1.09. The number of carbonyl (C=O) groups excluding carboxylic acids is 3. The maximum Gasteiger partial charge on any atom is 0.343 e. The molecule has 0 aliphatic rings. The van der Waals surface area contributed by atoms with E-state index in [1.54, 1.807) is 24.3 Å². The Hall–Kier alpha value is -7.73. The summed E-state index contributed by atoms with van der Waals surface area (Å²) in [4.78, 5) is 37.0. The molecule has 0 bridgehead atoms. The van der Waals surface area contributed by atoms with Crippen molar-refractivity contribution in [2.24, 2.45) is 31.5 Å². The molecular weight excluding hydrogens is 985 g/mol. The van der Waals surface area contributed by atoms with Crippen LogP contribution in [0.4, 0.5) is 28.4 Å². The number of phenols is 1. The van der Waals surface area contributed by atoms with Crippen molar-refractivity contribution in [3.8, 4) is 34.1 Å². The molecule has 22 heteroatoms. The number of aromatic hydroxyl groups is 1. The van der Waals surface area contributed by atoms with Gasteiger partial charge in [0.15, 0.2) is 0 Å². The summed E-state index contributed by atoms with van der Waals surface area (Å²) < 4.78 is 74.1. The second-order valence-electron chi connectivity index (χ2n) is 16.2. The fraction of sp³-hybridized carbons (Fsp3) is 0.235. The maximum atomic E-state index is 13.0. The average molecular weight is 1040 g/mol. The van der Waals surface area contributed by atoms with Crippen LogP contribution >= 0.6 is 0 Å². The van der Waals surface area contributed by atoms with Gasteiger partial charge in [-0.3, -0.25) is 9.00 Å². The Bertz CT molecular complexity index is 3120. The average Bonchev–Trinajstić information content (AvgIpc) is 3.38. The van der Waals surface area contributed by atoms with Gasteiger partial charge in [-0.15, -0.1) is 0 Å². The van der Waals surface area contributed by atoms with E-state index in [0.29, 0.717) is 19.0 Å². The predicted molar refractivity (Wildman–Crippen MR) is 268 cm³/mol. The van der Waals surface area contributed by atoms with Crippen molar-refractivity contribution in [3.63, 3.8) is 0 Å². The summed E-state index contributed by atoms with van der Waals surface area (Å²) in [5.41, 5.74) is 1.42. The number of hydrogen-bond acceptors (Lipinski definition) is 18. The van der Waals surface area contributed by atoms with Gasteiger partial charge in [0.05, 0.1) is 76.8 Å². The molecule has 0 amide bonds. The van der Waals surface area contributed by atoms with E-state index >= 15 is 0 Å². The van der Waals surface area contributed by atoms with Crippen molar-refractivity contribution >= 4 is 67.6 Å². The van der Waals surface area contributed by atoms with Gasteiger partial charge in [-0.2, -0.15) is 20.5 Å². The van der Waals surface area contributed by atoms with Gasteiger partial charge in [-0.25, -0.2) is 23.1 Å². The summed E-state index contributed by atoms with van der Waals surface area (Å²) in [5.74, 6) is -1.02. The minimum absolute atomic E-state index is 0.000107. The van der Waals surface area contributed by atoms with Crippen molar-refractivity contribution in [1.29, 1.82) is 0 Å². The van der Waals surface area contributed by atoms with Crippen LogP contribution in [0.2, 0.25) is 0 Å². The lowest BCUT2D eigenvalue weighted by Gasteiger charge is -2.16. The van der Waals surface area contributed by atoms with Crippen LogP contribution in [0.1, 0.15) is 77.8 Å². The number of anilines is 1. The number of esters is 3. The fourth-order valence-electron chi connectivity index (χ4n) is 6.80. The highest BCUT2D eigenvalue weighted by Gasteiger charge is 2.20. The molecular formula is C51H51N6O14S2-. The smallest absolute Gasteiger partial charge is 0.343 e. The monoisotopic (exact) mass is 1040 g/mol. The molecule has 73 heavy (non-hydrogen) atoms. The van der Waals surface area contributed by atoms with Gasteiger partial charge in [0.25, 0.3) is 0 Å². The van der Waals surface area contributed by atoms with Crippen molar-refractivity contribution in [2.75, 3.05) is 17.9 Å². The minimum Gasteiger partial charge on any atom is -0.755 e. The number of rotatable bonds is 24. The van der Waals surface area contributed by atoms with Crippen molar-refractivity contribution in [1.82, 2.24) is 0 Å². The number of carbonyl (C=O) groups is 3. The van der Waals surface area contributed by atoms with Crippen LogP contribution in [-0.2, 0) is 44.0 Å². The molecule has 0 heterocycles. The maximum absolute atomic E-state index is 13.0. The lowest BCUT2D eigenvalue weighted by atomic mass is 10.0. The van der Waals surface area contributed by atoms with E-state index < -0.39 is 51.3 Å². The van der Waals surface area contributed by atoms with Crippen molar-refractivity contribution < 1.29 is 65.8 Å². The summed E-state index contributed by atoms with van der Waals surface area (Å²) in [6, 6.07) is 28.5. The first kappa shape index (κ1) is 54.6. The minimum atomic E-state index is -4.48. The highest BCUT2D eigenvalue weighted by Crippen LogP contribution is 2.38. The Morgan fingerprint density at radius 2 is 1.15 bits per heavy atom. The molecule has 0 saturated heterocycles. The second-order valence-corrected chi connectivity index (χ2v) is 18.4. The van der Waals surface area contributed by atoms with E-state index in [2.05, 4.69) is 25.2 Å². The SMILES string of the molecule is CCC(C)C(=O)OCCCCCCOc1ccc(C(=O)Oc2ccc(N=Nc3ccc(-c4ccc(N=Nc5ccc(OC(=O)c6ccc(O)cc6)c(CO)c5)cc4NS(=O)[O-])c(S(N)(=O)=O)c3)cc2CO)cc1. The molecule has 0 radical (unpaired) electrons. The number of aliphatic hydroxyl groups is 2. The molecule has 0 aromatic heterocycles. The van der Waals surface area contributed by atoms with Gasteiger partial charge in [0, 0.05) is 33.5 Å². The number of benzene rings is 6. The van der Waals surface area contributed by atoms with Gasteiger partial charge < -0.3 is 43.5 Å². The van der Waals surface area contributed by atoms with Crippen LogP contribution < -0.4 is 24.1 Å². The van der Waals surface area contributed by atoms with Crippen molar-refractivity contribution in [3.05, 3.63) is 144 Å². The van der Waals surface area contributed by atoms with Crippen LogP contribution in [0, 0.1) is 5.92 Å². The number of nitrogens with two attached hydrogens (primary N) is 1. The van der Waals surface area contributed by atoms with E-state index in [0.717, 1.165) is 38.2 Å². The number of sulfonamides is 1. The summed E-state index contributed by atoms with van der Waals surface area (Å²) >= 11 is -2.88. The molecule has 6 aromatic carbocycles. The molecule has 0 aliphatic carbocycles. The van der Waals surface area contributed by atoms with Crippen LogP contribution in [-0.4, -0.2) is 63.6 Å². The number of hydrogen-bond donors (Lipinski definition) is 5. The zero-order chi connectivity index (χ0) is 52.5. The van der Waals surface area contributed by atoms with Crippen LogP contribution in [0.15, 0.2) is 147 Å². The normalized spacial score (nSPS) is 12.4. The number of aliphatic hydroxyl groups excluding tert-OH is 2. The highest BCUT2D eigenvalue weighted by atomic mass is 32.2. The molecule has 0 saturated carbocycles. The lowest BCUT2D eigenvalue weighted by Crippen LogP contribution is -2.14. The zero-order valence-electron chi connectivity index (χ0n) is 39.5. The molecule has 0 fully saturated rings. The zero-order valence-corrected chi connectivity index (χ0v) is 41.1. The number of primary sulfonamides is 1. The molecule has 20 nitrogen and oxygen atoms in total. The molecule has 6 rings (SSSR count). The first-order valence-electron chi connectivity index (χ1n) is 22.7. The molecule has 0 aliphatic heterocycles. The quantitative estimate of drug-likeness (QED) is 0.0124.